The van der Waals surface area contributed by atoms with Crippen LogP contribution >= 0.6 is 24.0 Å². The van der Waals surface area contributed by atoms with E-state index in [0.29, 0.717) is 25.6 Å². The van der Waals surface area contributed by atoms with Gasteiger partial charge >= 0.3 is 0 Å². The third kappa shape index (κ3) is 13.3. The van der Waals surface area contributed by atoms with Crippen molar-refractivity contribution in [2.45, 2.75) is 39.3 Å². The lowest BCUT2D eigenvalue weighted by atomic mass is 10.1. The van der Waals surface area contributed by atoms with E-state index >= 15 is 0 Å². The Morgan fingerprint density at radius 1 is 1.18 bits per heavy atom. The van der Waals surface area contributed by atoms with Crippen LogP contribution in [0.25, 0.3) is 0 Å². The smallest absolute Gasteiger partial charge is 0.208 e. The largest absolute Gasteiger partial charge is 0.357 e. The molecular formula is C19H36IN5O2S. The van der Waals surface area contributed by atoms with Crippen LogP contribution in [0.5, 0.6) is 0 Å². The molecule has 1 unspecified atom stereocenters. The summed E-state index contributed by atoms with van der Waals surface area (Å²) in [5.41, 5.74) is 1.32. The van der Waals surface area contributed by atoms with Crippen LogP contribution in [0.4, 0.5) is 0 Å². The van der Waals surface area contributed by atoms with Gasteiger partial charge in [0.15, 0.2) is 5.96 Å². The fourth-order valence-corrected chi connectivity index (χ4v) is 3.03. The van der Waals surface area contributed by atoms with Crippen LogP contribution in [0, 0.1) is 0 Å². The van der Waals surface area contributed by atoms with Gasteiger partial charge in [0, 0.05) is 38.8 Å². The molecule has 7 nitrogen and oxygen atoms in total. The molecule has 1 aromatic rings. The molecule has 0 amide bonds. The van der Waals surface area contributed by atoms with Gasteiger partial charge in [-0.3, -0.25) is 9.89 Å². The monoisotopic (exact) mass is 525 g/mol. The molecule has 1 rings (SSSR count). The van der Waals surface area contributed by atoms with Crippen molar-refractivity contribution in [3.8, 4) is 0 Å². The molecule has 3 N–H and O–H groups in total. The Morgan fingerprint density at radius 2 is 1.86 bits per heavy atom. The Hall–Kier alpha value is -0.910. The summed E-state index contributed by atoms with van der Waals surface area (Å²) in [6, 6.07) is 10.9. The van der Waals surface area contributed by atoms with E-state index in [4.69, 9.17) is 0 Å². The average Bonchev–Trinajstić information content (AvgIpc) is 2.61. The summed E-state index contributed by atoms with van der Waals surface area (Å²) in [6.45, 7) is 7.78. The minimum atomic E-state index is -3.12. The Balaban J connectivity index is 0.00000729. The number of halogens is 1. The minimum Gasteiger partial charge on any atom is -0.357 e. The second-order valence-electron chi connectivity index (χ2n) is 6.75. The lowest BCUT2D eigenvalue weighted by Crippen LogP contribution is -2.40. The van der Waals surface area contributed by atoms with Crippen molar-refractivity contribution in [3.63, 3.8) is 0 Å². The van der Waals surface area contributed by atoms with Crippen LogP contribution in [0.1, 0.15) is 32.3 Å². The summed E-state index contributed by atoms with van der Waals surface area (Å²) >= 11 is 0. The number of nitrogens with one attached hydrogen (secondary N) is 3. The van der Waals surface area contributed by atoms with Gasteiger partial charge in [0.1, 0.15) is 0 Å². The SMILES string of the molecule is CCNC(=NCCCNS(C)(=O)=O)NCCC(C)N(C)Cc1ccccc1.I. The first-order chi connectivity index (χ1) is 12.8. The van der Waals surface area contributed by atoms with E-state index in [1.165, 1.54) is 5.56 Å². The highest BCUT2D eigenvalue weighted by Gasteiger charge is 2.09. The summed E-state index contributed by atoms with van der Waals surface area (Å²) in [5, 5.41) is 6.57. The van der Waals surface area contributed by atoms with Crippen LogP contribution in [0.3, 0.4) is 0 Å². The summed E-state index contributed by atoms with van der Waals surface area (Å²) in [4.78, 5) is 6.83. The minimum absolute atomic E-state index is 0. The second kappa shape index (κ2) is 15.0. The Labute approximate surface area is 187 Å². The van der Waals surface area contributed by atoms with Gasteiger partial charge in [0.05, 0.1) is 6.26 Å². The zero-order valence-corrected chi connectivity index (χ0v) is 20.6. The molecule has 0 heterocycles. The number of rotatable bonds is 12. The number of nitrogens with zero attached hydrogens (tertiary/aromatic N) is 2. The van der Waals surface area contributed by atoms with Crippen LogP contribution in [-0.4, -0.2) is 64.8 Å². The predicted molar refractivity (Wildman–Crippen MR) is 129 cm³/mol. The van der Waals surface area contributed by atoms with Gasteiger partial charge in [-0.1, -0.05) is 30.3 Å². The molecule has 0 aromatic heterocycles. The number of benzene rings is 1. The zero-order valence-electron chi connectivity index (χ0n) is 17.4. The quantitative estimate of drug-likeness (QED) is 0.168. The lowest BCUT2D eigenvalue weighted by molar-refractivity contribution is 0.238. The molecule has 1 aromatic carbocycles. The fraction of sp³-hybridized carbons (Fsp3) is 0.632. The summed E-state index contributed by atoms with van der Waals surface area (Å²) < 4.78 is 24.5. The third-order valence-corrected chi connectivity index (χ3v) is 4.92. The molecule has 1 atom stereocenters. The summed E-state index contributed by atoms with van der Waals surface area (Å²) in [5.74, 6) is 0.773. The van der Waals surface area contributed by atoms with Crippen LogP contribution in [0.15, 0.2) is 35.3 Å². The average molecular weight is 526 g/mol. The van der Waals surface area contributed by atoms with Crippen molar-refractivity contribution in [3.05, 3.63) is 35.9 Å². The molecule has 9 heteroatoms. The van der Waals surface area contributed by atoms with Crippen LogP contribution < -0.4 is 15.4 Å². The second-order valence-corrected chi connectivity index (χ2v) is 8.58. The Morgan fingerprint density at radius 3 is 2.46 bits per heavy atom. The standard InChI is InChI=1S/C19H35N5O2S.HI/c1-5-20-19(21-13-9-14-23-27(4,25)26)22-15-12-17(2)24(3)16-18-10-7-6-8-11-18;/h6-8,10-11,17,23H,5,9,12-16H2,1-4H3,(H2,20,21,22);1H. The van der Waals surface area contributed by atoms with Gasteiger partial charge in [0.25, 0.3) is 0 Å². The van der Waals surface area contributed by atoms with E-state index < -0.39 is 10.0 Å². The molecule has 28 heavy (non-hydrogen) atoms. The number of sulfonamides is 1. The molecule has 0 spiro atoms. The first kappa shape index (κ1) is 27.1. The highest BCUT2D eigenvalue weighted by molar-refractivity contribution is 14.0. The molecule has 0 saturated heterocycles. The fourth-order valence-electron chi connectivity index (χ4n) is 2.52. The molecule has 0 aliphatic carbocycles. The maximum atomic E-state index is 11.0. The van der Waals surface area contributed by atoms with Crippen LogP contribution in [-0.2, 0) is 16.6 Å². The molecule has 0 radical (unpaired) electrons. The van der Waals surface area contributed by atoms with Gasteiger partial charge in [-0.05, 0) is 39.3 Å². The van der Waals surface area contributed by atoms with Crippen molar-refractivity contribution >= 4 is 40.0 Å². The third-order valence-electron chi connectivity index (χ3n) is 4.20. The summed E-state index contributed by atoms with van der Waals surface area (Å²) in [6.07, 6.45) is 2.83. The predicted octanol–water partition coefficient (Wildman–Crippen LogP) is 2.01. The Kier molecular flexibility index (Phi) is 14.5. The van der Waals surface area contributed by atoms with Gasteiger partial charge in [-0.15, -0.1) is 24.0 Å². The van der Waals surface area contributed by atoms with Crippen molar-refractivity contribution < 1.29 is 8.42 Å². The highest BCUT2D eigenvalue weighted by atomic mass is 127. The van der Waals surface area contributed by atoms with Crippen molar-refractivity contribution in [2.24, 2.45) is 4.99 Å². The molecule has 0 aliphatic rings. The van der Waals surface area contributed by atoms with E-state index in [9.17, 15) is 8.42 Å². The van der Waals surface area contributed by atoms with E-state index in [2.05, 4.69) is 63.5 Å². The lowest BCUT2D eigenvalue weighted by Gasteiger charge is -2.25. The molecule has 0 fully saturated rings. The molecular weight excluding hydrogens is 489 g/mol. The summed E-state index contributed by atoms with van der Waals surface area (Å²) in [7, 11) is -0.979. The van der Waals surface area contributed by atoms with Crippen molar-refractivity contribution in [1.29, 1.82) is 0 Å². The highest BCUT2D eigenvalue weighted by Crippen LogP contribution is 2.07. The number of guanidine groups is 1. The molecule has 0 bridgehead atoms. The van der Waals surface area contributed by atoms with E-state index in [1.807, 2.05) is 13.0 Å². The van der Waals surface area contributed by atoms with Gasteiger partial charge < -0.3 is 10.6 Å². The maximum Gasteiger partial charge on any atom is 0.208 e. The Bertz CT molecular complexity index is 656. The van der Waals surface area contributed by atoms with E-state index in [1.54, 1.807) is 0 Å². The van der Waals surface area contributed by atoms with E-state index in [0.717, 1.165) is 38.3 Å². The van der Waals surface area contributed by atoms with E-state index in [-0.39, 0.29) is 24.0 Å². The van der Waals surface area contributed by atoms with Crippen LogP contribution in [0.2, 0.25) is 0 Å². The molecule has 0 aliphatic heterocycles. The first-order valence-corrected chi connectivity index (χ1v) is 11.4. The number of hydrogen-bond acceptors (Lipinski definition) is 4. The number of hydrogen-bond donors (Lipinski definition) is 3. The number of aliphatic imine (C=N–C) groups is 1. The first-order valence-electron chi connectivity index (χ1n) is 9.52. The zero-order chi connectivity index (χ0) is 20.1. The van der Waals surface area contributed by atoms with Gasteiger partial charge in [-0.25, -0.2) is 13.1 Å². The topological polar surface area (TPSA) is 85.8 Å². The normalized spacial score (nSPS) is 13.1. The van der Waals surface area contributed by atoms with Gasteiger partial charge in [-0.2, -0.15) is 0 Å². The molecule has 0 saturated carbocycles. The van der Waals surface area contributed by atoms with Gasteiger partial charge in [0.2, 0.25) is 10.0 Å². The van der Waals surface area contributed by atoms with Crippen molar-refractivity contribution in [1.82, 2.24) is 20.3 Å². The maximum absolute atomic E-state index is 11.0. The molecule has 162 valence electrons. The van der Waals surface area contributed by atoms with Crippen molar-refractivity contribution in [2.75, 3.05) is 39.5 Å².